The van der Waals surface area contributed by atoms with E-state index in [1.807, 2.05) is 0 Å². The summed E-state index contributed by atoms with van der Waals surface area (Å²) in [5.74, 6) is 0.536. The topological polar surface area (TPSA) is 41.9 Å². The van der Waals surface area contributed by atoms with E-state index in [4.69, 9.17) is 4.84 Å². The van der Waals surface area contributed by atoms with Crippen LogP contribution in [0.25, 0.3) is 0 Å². The number of nitrogens with zero attached hydrogens (tertiary/aromatic N) is 2. The molecule has 1 aliphatic heterocycles. The van der Waals surface area contributed by atoms with Crippen molar-refractivity contribution in [2.75, 3.05) is 13.1 Å². The quantitative estimate of drug-likeness (QED) is 0.650. The Bertz CT molecular complexity index is 668. The van der Waals surface area contributed by atoms with E-state index in [-0.39, 0.29) is 17.8 Å². The Morgan fingerprint density at radius 1 is 1.35 bits per heavy atom. The van der Waals surface area contributed by atoms with Crippen molar-refractivity contribution < 1.29 is 14.0 Å². The summed E-state index contributed by atoms with van der Waals surface area (Å²) in [6, 6.07) is 6.56. The minimum atomic E-state index is -0.300. The van der Waals surface area contributed by atoms with E-state index in [1.165, 1.54) is 31.7 Å². The molecule has 0 N–H and O–H groups in total. The van der Waals surface area contributed by atoms with Crippen molar-refractivity contribution in [3.05, 3.63) is 48.3 Å². The Morgan fingerprint density at radius 3 is 2.85 bits per heavy atom. The summed E-state index contributed by atoms with van der Waals surface area (Å²) in [7, 11) is 0. The molecule has 140 valence electrons. The summed E-state index contributed by atoms with van der Waals surface area (Å²) in [5, 5.41) is 4.04. The van der Waals surface area contributed by atoms with E-state index in [9.17, 15) is 9.18 Å². The van der Waals surface area contributed by atoms with Crippen LogP contribution in [0.2, 0.25) is 0 Å². The standard InChI is InChI=1S/C21H27FN2O2/c1-2-13-24(21(25)12-11-16-7-3-4-8-16)15-17-14-20(23-26-17)18-9-5-6-10-19(18)22/h2,5-6,9-10,16-17H,1,3-4,7-8,11-15H2/t17-/m1/s1. The van der Waals surface area contributed by atoms with Gasteiger partial charge in [0.2, 0.25) is 5.91 Å². The van der Waals surface area contributed by atoms with Gasteiger partial charge in [-0.3, -0.25) is 4.79 Å². The molecule has 0 bridgehead atoms. The van der Waals surface area contributed by atoms with Gasteiger partial charge in [0.25, 0.3) is 0 Å². The Balaban J connectivity index is 1.53. The van der Waals surface area contributed by atoms with Crippen molar-refractivity contribution in [1.29, 1.82) is 0 Å². The third kappa shape index (κ3) is 4.71. The molecule has 0 saturated heterocycles. The number of oxime groups is 1. The number of amides is 1. The maximum Gasteiger partial charge on any atom is 0.222 e. The van der Waals surface area contributed by atoms with Crippen LogP contribution in [0.4, 0.5) is 4.39 Å². The number of benzene rings is 1. The molecule has 0 aromatic heterocycles. The molecular formula is C21H27FN2O2. The number of hydrogen-bond acceptors (Lipinski definition) is 3. The molecular weight excluding hydrogens is 331 g/mol. The molecule has 1 heterocycles. The lowest BCUT2D eigenvalue weighted by atomic mass is 10.0. The molecule has 0 radical (unpaired) electrons. The van der Waals surface area contributed by atoms with Gasteiger partial charge in [0.05, 0.1) is 12.3 Å². The lowest BCUT2D eigenvalue weighted by molar-refractivity contribution is -0.132. The van der Waals surface area contributed by atoms with Gasteiger partial charge in [-0.25, -0.2) is 4.39 Å². The minimum Gasteiger partial charge on any atom is -0.390 e. The molecule has 0 unspecified atom stereocenters. The molecule has 1 aromatic rings. The van der Waals surface area contributed by atoms with Crippen LogP contribution in [0, 0.1) is 11.7 Å². The van der Waals surface area contributed by atoms with E-state index < -0.39 is 0 Å². The fraction of sp³-hybridized carbons (Fsp3) is 0.524. The van der Waals surface area contributed by atoms with Gasteiger partial charge in [-0.1, -0.05) is 55.1 Å². The maximum atomic E-state index is 13.9. The Morgan fingerprint density at radius 2 is 2.12 bits per heavy atom. The first-order valence-corrected chi connectivity index (χ1v) is 9.53. The van der Waals surface area contributed by atoms with Crippen molar-refractivity contribution in [2.45, 2.75) is 51.0 Å². The van der Waals surface area contributed by atoms with Crippen molar-refractivity contribution in [3.8, 4) is 0 Å². The number of rotatable bonds is 8. The van der Waals surface area contributed by atoms with Crippen molar-refractivity contribution in [1.82, 2.24) is 4.90 Å². The highest BCUT2D eigenvalue weighted by Crippen LogP contribution is 2.29. The van der Waals surface area contributed by atoms with E-state index in [0.717, 1.165) is 6.42 Å². The molecule has 1 fully saturated rings. The van der Waals surface area contributed by atoms with Gasteiger partial charge in [-0.15, -0.1) is 6.58 Å². The summed E-state index contributed by atoms with van der Waals surface area (Å²) >= 11 is 0. The molecule has 1 atom stereocenters. The average Bonchev–Trinajstić information content (AvgIpc) is 3.31. The summed E-state index contributed by atoms with van der Waals surface area (Å²) in [4.78, 5) is 19.9. The Hall–Kier alpha value is -2.17. The molecule has 3 rings (SSSR count). The van der Waals surface area contributed by atoms with Crippen LogP contribution in [-0.4, -0.2) is 35.7 Å². The third-order valence-electron chi connectivity index (χ3n) is 5.29. The van der Waals surface area contributed by atoms with Gasteiger partial charge in [-0.05, 0) is 18.4 Å². The fourth-order valence-electron chi connectivity index (χ4n) is 3.85. The highest BCUT2D eigenvalue weighted by atomic mass is 19.1. The predicted octanol–water partition coefficient (Wildman–Crippen LogP) is 4.30. The first kappa shape index (κ1) is 18.6. The van der Waals surface area contributed by atoms with Crippen LogP contribution in [0.3, 0.4) is 0 Å². The van der Waals surface area contributed by atoms with Gasteiger partial charge >= 0.3 is 0 Å². The van der Waals surface area contributed by atoms with Crippen LogP contribution >= 0.6 is 0 Å². The molecule has 1 aromatic carbocycles. The largest absolute Gasteiger partial charge is 0.390 e. The van der Waals surface area contributed by atoms with Gasteiger partial charge in [0.1, 0.15) is 5.82 Å². The molecule has 1 saturated carbocycles. The molecule has 5 heteroatoms. The van der Waals surface area contributed by atoms with Gasteiger partial charge in [0, 0.05) is 24.9 Å². The summed E-state index contributed by atoms with van der Waals surface area (Å²) < 4.78 is 13.9. The zero-order valence-corrected chi connectivity index (χ0v) is 15.2. The second-order valence-corrected chi connectivity index (χ2v) is 7.23. The van der Waals surface area contributed by atoms with Gasteiger partial charge in [-0.2, -0.15) is 0 Å². The van der Waals surface area contributed by atoms with Crippen LogP contribution < -0.4 is 0 Å². The number of carbonyl (C=O) groups is 1. The summed E-state index contributed by atoms with van der Waals surface area (Å²) in [5.41, 5.74) is 1.07. The van der Waals surface area contributed by atoms with E-state index in [2.05, 4.69) is 11.7 Å². The number of hydrogen-bond donors (Lipinski definition) is 0. The maximum absolute atomic E-state index is 13.9. The third-order valence-corrected chi connectivity index (χ3v) is 5.29. The van der Waals surface area contributed by atoms with Crippen LogP contribution in [0.1, 0.15) is 50.5 Å². The predicted molar refractivity (Wildman–Crippen MR) is 100 cm³/mol. The van der Waals surface area contributed by atoms with Crippen molar-refractivity contribution in [2.24, 2.45) is 11.1 Å². The van der Waals surface area contributed by atoms with Gasteiger partial charge < -0.3 is 9.74 Å². The average molecular weight is 358 g/mol. The normalized spacial score (nSPS) is 19.9. The van der Waals surface area contributed by atoms with Crippen LogP contribution in [0.15, 0.2) is 42.1 Å². The highest BCUT2D eigenvalue weighted by molar-refractivity contribution is 6.01. The molecule has 1 amide bonds. The second-order valence-electron chi connectivity index (χ2n) is 7.23. The van der Waals surface area contributed by atoms with Crippen LogP contribution in [0.5, 0.6) is 0 Å². The summed E-state index contributed by atoms with van der Waals surface area (Å²) in [6.07, 6.45) is 8.63. The molecule has 4 nitrogen and oxygen atoms in total. The Labute approximate surface area is 154 Å². The first-order chi connectivity index (χ1) is 12.7. The summed E-state index contributed by atoms with van der Waals surface area (Å²) in [6.45, 7) is 4.71. The SMILES string of the molecule is C=CCN(C[C@H]1CC(c2ccccc2F)=NO1)C(=O)CCC1CCCC1. The number of carbonyl (C=O) groups excluding carboxylic acids is 1. The lowest BCUT2D eigenvalue weighted by Crippen LogP contribution is -2.38. The zero-order chi connectivity index (χ0) is 18.4. The molecule has 1 aliphatic carbocycles. The first-order valence-electron chi connectivity index (χ1n) is 9.53. The lowest BCUT2D eigenvalue weighted by Gasteiger charge is -2.24. The highest BCUT2D eigenvalue weighted by Gasteiger charge is 2.27. The Kier molecular flexibility index (Phi) is 6.42. The molecule has 2 aliphatic rings. The molecule has 26 heavy (non-hydrogen) atoms. The number of halogens is 1. The van der Waals surface area contributed by atoms with Crippen molar-refractivity contribution in [3.63, 3.8) is 0 Å². The second kappa shape index (κ2) is 8.97. The monoisotopic (exact) mass is 358 g/mol. The van der Waals surface area contributed by atoms with E-state index in [0.29, 0.717) is 43.1 Å². The van der Waals surface area contributed by atoms with E-state index >= 15 is 0 Å². The van der Waals surface area contributed by atoms with Gasteiger partial charge in [0.15, 0.2) is 6.10 Å². The smallest absolute Gasteiger partial charge is 0.222 e. The fourth-order valence-corrected chi connectivity index (χ4v) is 3.85. The zero-order valence-electron chi connectivity index (χ0n) is 15.2. The minimum absolute atomic E-state index is 0.139. The van der Waals surface area contributed by atoms with E-state index in [1.54, 1.807) is 29.2 Å². The van der Waals surface area contributed by atoms with Crippen LogP contribution in [-0.2, 0) is 9.63 Å². The molecule has 0 spiro atoms. The van der Waals surface area contributed by atoms with Crippen molar-refractivity contribution >= 4 is 11.6 Å².